The number of carbonyl (C=O) groups excluding carboxylic acids is 1. The summed E-state index contributed by atoms with van der Waals surface area (Å²) in [5.74, 6) is 1.24. The summed E-state index contributed by atoms with van der Waals surface area (Å²) >= 11 is 0. The summed E-state index contributed by atoms with van der Waals surface area (Å²) in [6, 6.07) is 20.0. The summed E-state index contributed by atoms with van der Waals surface area (Å²) in [7, 11) is 1.61. The van der Waals surface area contributed by atoms with Gasteiger partial charge in [0.05, 0.1) is 13.3 Å². The Bertz CT molecular complexity index is 1150. The normalized spacial score (nSPS) is 17.6. The van der Waals surface area contributed by atoms with Crippen LogP contribution in [-0.4, -0.2) is 30.4 Å². The van der Waals surface area contributed by atoms with Gasteiger partial charge in [-0.15, -0.1) is 0 Å². The van der Waals surface area contributed by atoms with Crippen molar-refractivity contribution in [2.75, 3.05) is 7.11 Å². The average Bonchev–Trinajstić information content (AvgIpc) is 3.35. The molecule has 1 aliphatic heterocycles. The van der Waals surface area contributed by atoms with Crippen LogP contribution in [0, 0.1) is 6.92 Å². The standard InChI is InChI=1S/C26H28N4O4/c1-17-3-5-19(6-4-17)16-34-24-12-9-20(13-25(24)33-2)22-14-23(29-28-22)26(32)30-27-15-18-7-10-21(31)11-8-18/h3-13,15,22-23,28-29,31H,14,16H2,1-2H3,(H,30,32)/b27-15+. The van der Waals surface area contributed by atoms with E-state index in [1.807, 2.05) is 30.3 Å². The number of amides is 1. The molecule has 4 rings (SSSR count). The third-order valence-corrected chi connectivity index (χ3v) is 5.61. The van der Waals surface area contributed by atoms with Crippen molar-refractivity contribution >= 4 is 12.1 Å². The lowest BCUT2D eigenvalue weighted by Gasteiger charge is -2.15. The van der Waals surface area contributed by atoms with Crippen molar-refractivity contribution in [2.24, 2.45) is 5.10 Å². The van der Waals surface area contributed by atoms with Gasteiger partial charge >= 0.3 is 0 Å². The number of nitrogens with zero attached hydrogens (tertiary/aromatic N) is 1. The van der Waals surface area contributed by atoms with E-state index in [9.17, 15) is 9.90 Å². The third kappa shape index (κ3) is 5.92. The first kappa shape index (κ1) is 23.3. The number of phenolic OH excluding ortho intramolecular Hbond substituents is 1. The Labute approximate surface area is 198 Å². The van der Waals surface area contributed by atoms with E-state index in [0.29, 0.717) is 24.5 Å². The smallest absolute Gasteiger partial charge is 0.258 e. The Morgan fingerprint density at radius 3 is 2.59 bits per heavy atom. The third-order valence-electron chi connectivity index (χ3n) is 5.61. The van der Waals surface area contributed by atoms with Crippen molar-refractivity contribution in [3.05, 3.63) is 89.0 Å². The number of aromatic hydroxyl groups is 1. The van der Waals surface area contributed by atoms with Crippen LogP contribution in [0.25, 0.3) is 0 Å². The zero-order valence-corrected chi connectivity index (χ0v) is 19.1. The maximum Gasteiger partial charge on any atom is 0.258 e. The first-order valence-electron chi connectivity index (χ1n) is 11.0. The highest BCUT2D eigenvalue weighted by atomic mass is 16.5. The minimum atomic E-state index is -0.439. The van der Waals surface area contributed by atoms with Crippen molar-refractivity contribution < 1.29 is 19.4 Å². The number of hydrazone groups is 1. The molecule has 0 radical (unpaired) electrons. The SMILES string of the molecule is COc1cc(C2CC(C(=O)N/N=C/c3ccc(O)cc3)NN2)ccc1OCc1ccc(C)cc1. The lowest BCUT2D eigenvalue weighted by atomic mass is 10.0. The molecule has 2 unspecified atom stereocenters. The number of hydrogen-bond donors (Lipinski definition) is 4. The van der Waals surface area contributed by atoms with E-state index < -0.39 is 6.04 Å². The van der Waals surface area contributed by atoms with Gasteiger partial charge in [0.1, 0.15) is 18.4 Å². The molecular weight excluding hydrogens is 432 g/mol. The highest BCUT2D eigenvalue weighted by Gasteiger charge is 2.30. The first-order chi connectivity index (χ1) is 16.5. The van der Waals surface area contributed by atoms with Crippen LogP contribution in [0.15, 0.2) is 71.8 Å². The number of aryl methyl sites for hydroxylation is 1. The minimum Gasteiger partial charge on any atom is -0.508 e. The van der Waals surface area contributed by atoms with Crippen LogP contribution in [0.5, 0.6) is 17.2 Å². The molecule has 2 atom stereocenters. The average molecular weight is 461 g/mol. The highest BCUT2D eigenvalue weighted by Crippen LogP contribution is 2.33. The quantitative estimate of drug-likeness (QED) is 0.304. The maximum atomic E-state index is 12.5. The van der Waals surface area contributed by atoms with Gasteiger partial charge in [0.25, 0.3) is 5.91 Å². The largest absolute Gasteiger partial charge is 0.508 e. The summed E-state index contributed by atoms with van der Waals surface area (Å²) < 4.78 is 11.5. The Morgan fingerprint density at radius 1 is 1.09 bits per heavy atom. The predicted molar refractivity (Wildman–Crippen MR) is 130 cm³/mol. The van der Waals surface area contributed by atoms with E-state index in [0.717, 1.165) is 16.7 Å². The van der Waals surface area contributed by atoms with Gasteiger partial charge in [0, 0.05) is 6.04 Å². The second-order valence-electron chi connectivity index (χ2n) is 8.14. The number of rotatable bonds is 8. The van der Waals surface area contributed by atoms with Crippen molar-refractivity contribution in [3.8, 4) is 17.2 Å². The fourth-order valence-electron chi connectivity index (χ4n) is 3.62. The van der Waals surface area contributed by atoms with Gasteiger partial charge in [-0.3, -0.25) is 4.79 Å². The lowest BCUT2D eigenvalue weighted by molar-refractivity contribution is -0.122. The Balaban J connectivity index is 1.32. The summed E-state index contributed by atoms with van der Waals surface area (Å²) in [6.45, 7) is 2.50. The fraction of sp³-hybridized carbons (Fsp3) is 0.231. The topological polar surface area (TPSA) is 104 Å². The molecule has 0 bridgehead atoms. The zero-order chi connectivity index (χ0) is 23.9. The second-order valence-corrected chi connectivity index (χ2v) is 8.14. The van der Waals surface area contributed by atoms with Gasteiger partial charge in [-0.1, -0.05) is 35.9 Å². The first-order valence-corrected chi connectivity index (χ1v) is 11.0. The minimum absolute atomic E-state index is 0.0723. The molecule has 0 saturated carbocycles. The van der Waals surface area contributed by atoms with Crippen molar-refractivity contribution in [1.82, 2.24) is 16.3 Å². The van der Waals surface area contributed by atoms with Crippen LogP contribution in [0.1, 0.15) is 34.7 Å². The molecule has 4 N–H and O–H groups in total. The van der Waals surface area contributed by atoms with Gasteiger partial charge in [0.2, 0.25) is 0 Å². The predicted octanol–water partition coefficient (Wildman–Crippen LogP) is 3.35. The number of hydrazine groups is 1. The highest BCUT2D eigenvalue weighted by molar-refractivity contribution is 5.85. The molecule has 8 heteroatoms. The molecule has 0 aliphatic carbocycles. The number of benzene rings is 3. The summed E-state index contributed by atoms with van der Waals surface area (Å²) in [4.78, 5) is 12.5. The molecule has 1 aliphatic rings. The number of carbonyl (C=O) groups is 1. The number of hydrogen-bond acceptors (Lipinski definition) is 7. The van der Waals surface area contributed by atoms with E-state index >= 15 is 0 Å². The fourth-order valence-corrected chi connectivity index (χ4v) is 3.62. The van der Waals surface area contributed by atoms with Crippen LogP contribution >= 0.6 is 0 Å². The molecule has 3 aromatic rings. The molecule has 3 aromatic carbocycles. The maximum absolute atomic E-state index is 12.5. The molecule has 1 amide bonds. The summed E-state index contributed by atoms with van der Waals surface area (Å²) in [5.41, 5.74) is 12.8. The molecule has 0 aromatic heterocycles. The van der Waals surface area contributed by atoms with Crippen LogP contribution in [0.4, 0.5) is 0 Å². The molecule has 8 nitrogen and oxygen atoms in total. The molecule has 34 heavy (non-hydrogen) atoms. The molecule has 1 fully saturated rings. The Kier molecular flexibility index (Phi) is 7.41. The number of nitrogens with one attached hydrogen (secondary N) is 3. The molecule has 0 spiro atoms. The van der Waals surface area contributed by atoms with Crippen LogP contribution in [0.3, 0.4) is 0 Å². The number of phenols is 1. The van der Waals surface area contributed by atoms with Crippen LogP contribution in [0.2, 0.25) is 0 Å². The zero-order valence-electron chi connectivity index (χ0n) is 19.1. The summed E-state index contributed by atoms with van der Waals surface area (Å²) in [5, 5.41) is 13.3. The van der Waals surface area contributed by atoms with E-state index in [-0.39, 0.29) is 17.7 Å². The van der Waals surface area contributed by atoms with Gasteiger partial charge < -0.3 is 14.6 Å². The van der Waals surface area contributed by atoms with Gasteiger partial charge in [0.15, 0.2) is 11.5 Å². The van der Waals surface area contributed by atoms with Gasteiger partial charge in [-0.05, 0) is 66.4 Å². The van der Waals surface area contributed by atoms with Crippen LogP contribution in [-0.2, 0) is 11.4 Å². The van der Waals surface area contributed by atoms with Gasteiger partial charge in [-0.25, -0.2) is 16.3 Å². The Morgan fingerprint density at radius 2 is 1.85 bits per heavy atom. The van der Waals surface area contributed by atoms with Crippen molar-refractivity contribution in [2.45, 2.75) is 32.0 Å². The van der Waals surface area contributed by atoms with Crippen molar-refractivity contribution in [1.29, 1.82) is 0 Å². The number of methoxy groups -OCH3 is 1. The second kappa shape index (κ2) is 10.8. The van der Waals surface area contributed by atoms with E-state index in [4.69, 9.17) is 9.47 Å². The van der Waals surface area contributed by atoms with Crippen LogP contribution < -0.4 is 25.8 Å². The number of ether oxygens (including phenoxy) is 2. The molecule has 1 saturated heterocycles. The van der Waals surface area contributed by atoms with Gasteiger partial charge in [-0.2, -0.15) is 5.10 Å². The Hall–Kier alpha value is -3.88. The van der Waals surface area contributed by atoms with Crippen molar-refractivity contribution in [3.63, 3.8) is 0 Å². The molecular formula is C26H28N4O4. The lowest BCUT2D eigenvalue weighted by Crippen LogP contribution is -2.41. The monoisotopic (exact) mass is 460 g/mol. The summed E-state index contributed by atoms with van der Waals surface area (Å²) in [6.07, 6.45) is 2.07. The molecule has 1 heterocycles. The molecule has 176 valence electrons. The van der Waals surface area contributed by atoms with E-state index in [2.05, 4.69) is 40.4 Å². The van der Waals surface area contributed by atoms with E-state index in [1.165, 1.54) is 11.8 Å². The van der Waals surface area contributed by atoms with E-state index in [1.54, 1.807) is 31.4 Å².